The fraction of sp³-hybridized carbons (Fsp3) is 0.300. The molecular weight excluding hydrogens is 314 g/mol. The summed E-state index contributed by atoms with van der Waals surface area (Å²) in [6, 6.07) is 20.7. The summed E-state index contributed by atoms with van der Waals surface area (Å²) >= 11 is 0. The van der Waals surface area contributed by atoms with E-state index in [4.69, 9.17) is 9.47 Å². The SMILES string of the molecule is c1ccc([C@@H]2COC(CNCC3=N[C@H](c4ccccc4)CO3)=N2)cc1. The van der Waals surface area contributed by atoms with Gasteiger partial charge < -0.3 is 14.8 Å². The molecule has 0 amide bonds. The topological polar surface area (TPSA) is 55.2 Å². The molecule has 0 aliphatic carbocycles. The summed E-state index contributed by atoms with van der Waals surface area (Å²) in [5.74, 6) is 1.49. The van der Waals surface area contributed by atoms with Crippen molar-refractivity contribution in [2.45, 2.75) is 12.1 Å². The summed E-state index contributed by atoms with van der Waals surface area (Å²) in [7, 11) is 0. The second kappa shape index (κ2) is 7.49. The molecule has 25 heavy (non-hydrogen) atoms. The Balaban J connectivity index is 1.27. The van der Waals surface area contributed by atoms with E-state index in [1.807, 2.05) is 36.4 Å². The van der Waals surface area contributed by atoms with Crippen molar-refractivity contribution < 1.29 is 9.47 Å². The number of nitrogens with one attached hydrogen (secondary N) is 1. The number of hydrogen-bond acceptors (Lipinski definition) is 5. The van der Waals surface area contributed by atoms with Gasteiger partial charge in [-0.3, -0.25) is 0 Å². The monoisotopic (exact) mass is 335 g/mol. The smallest absolute Gasteiger partial charge is 0.198 e. The highest BCUT2D eigenvalue weighted by Crippen LogP contribution is 2.23. The lowest BCUT2D eigenvalue weighted by Crippen LogP contribution is -2.28. The van der Waals surface area contributed by atoms with Crippen LogP contribution >= 0.6 is 0 Å². The van der Waals surface area contributed by atoms with E-state index in [1.165, 1.54) is 11.1 Å². The molecule has 5 heteroatoms. The van der Waals surface area contributed by atoms with E-state index in [-0.39, 0.29) is 12.1 Å². The van der Waals surface area contributed by atoms with E-state index in [0.717, 1.165) is 11.8 Å². The van der Waals surface area contributed by atoms with Crippen LogP contribution in [0.25, 0.3) is 0 Å². The zero-order chi connectivity index (χ0) is 16.9. The molecule has 2 atom stereocenters. The van der Waals surface area contributed by atoms with Crippen LogP contribution in [0.5, 0.6) is 0 Å². The first-order chi connectivity index (χ1) is 12.4. The minimum Gasteiger partial charge on any atom is -0.477 e. The molecule has 4 rings (SSSR count). The number of hydrogen-bond donors (Lipinski definition) is 1. The molecule has 0 fully saturated rings. The van der Waals surface area contributed by atoms with Gasteiger partial charge in [0.15, 0.2) is 11.8 Å². The molecule has 128 valence electrons. The maximum atomic E-state index is 5.68. The molecule has 5 nitrogen and oxygen atoms in total. The van der Waals surface area contributed by atoms with E-state index in [2.05, 4.69) is 39.6 Å². The quantitative estimate of drug-likeness (QED) is 0.883. The molecule has 0 radical (unpaired) electrons. The molecule has 2 heterocycles. The average molecular weight is 335 g/mol. The Hall–Kier alpha value is -2.66. The number of aliphatic imine (C=N–C) groups is 2. The highest BCUT2D eigenvalue weighted by atomic mass is 16.5. The molecule has 0 aromatic heterocycles. The summed E-state index contributed by atoms with van der Waals surface area (Å²) in [5.41, 5.74) is 2.37. The van der Waals surface area contributed by atoms with Gasteiger partial charge in [-0.2, -0.15) is 0 Å². The Kier molecular flexibility index (Phi) is 4.74. The van der Waals surface area contributed by atoms with Crippen molar-refractivity contribution in [2.24, 2.45) is 9.98 Å². The Morgan fingerprint density at radius 1 is 0.720 bits per heavy atom. The molecule has 2 aromatic carbocycles. The van der Waals surface area contributed by atoms with Gasteiger partial charge in [-0.25, -0.2) is 9.98 Å². The Morgan fingerprint density at radius 3 is 1.60 bits per heavy atom. The van der Waals surface area contributed by atoms with E-state index in [0.29, 0.717) is 26.3 Å². The molecule has 2 aliphatic heterocycles. The van der Waals surface area contributed by atoms with Crippen LogP contribution in [0.4, 0.5) is 0 Å². The van der Waals surface area contributed by atoms with Gasteiger partial charge in [0.1, 0.15) is 25.3 Å². The molecule has 0 saturated carbocycles. The molecule has 0 bridgehead atoms. The summed E-state index contributed by atoms with van der Waals surface area (Å²) in [5, 5.41) is 3.30. The van der Waals surface area contributed by atoms with Gasteiger partial charge in [-0.15, -0.1) is 0 Å². The molecular formula is C20H21N3O2. The fourth-order valence-corrected chi connectivity index (χ4v) is 3.01. The third kappa shape index (κ3) is 3.88. The van der Waals surface area contributed by atoms with E-state index in [1.54, 1.807) is 0 Å². The van der Waals surface area contributed by atoms with Crippen molar-refractivity contribution in [2.75, 3.05) is 26.3 Å². The Labute approximate surface area is 147 Å². The van der Waals surface area contributed by atoms with Crippen molar-refractivity contribution in [3.05, 3.63) is 71.8 Å². The van der Waals surface area contributed by atoms with E-state index in [9.17, 15) is 0 Å². The molecule has 2 aliphatic rings. The van der Waals surface area contributed by atoms with Crippen LogP contribution in [0, 0.1) is 0 Å². The number of nitrogens with zero attached hydrogens (tertiary/aromatic N) is 2. The first-order valence-corrected chi connectivity index (χ1v) is 8.58. The van der Waals surface area contributed by atoms with Crippen molar-refractivity contribution in [1.82, 2.24) is 5.32 Å². The highest BCUT2D eigenvalue weighted by molar-refractivity contribution is 5.83. The van der Waals surface area contributed by atoms with Crippen LogP contribution in [0.1, 0.15) is 23.2 Å². The molecule has 0 spiro atoms. The molecule has 0 unspecified atom stereocenters. The third-order valence-corrected chi connectivity index (χ3v) is 4.34. The third-order valence-electron chi connectivity index (χ3n) is 4.34. The van der Waals surface area contributed by atoms with Gasteiger partial charge >= 0.3 is 0 Å². The van der Waals surface area contributed by atoms with Gasteiger partial charge in [0.05, 0.1) is 13.1 Å². The number of ether oxygens (including phenoxy) is 2. The van der Waals surface area contributed by atoms with Gasteiger partial charge in [0, 0.05) is 0 Å². The summed E-state index contributed by atoms with van der Waals surface area (Å²) in [6.07, 6.45) is 0. The predicted octanol–water partition coefficient (Wildman–Crippen LogP) is 2.92. The van der Waals surface area contributed by atoms with Crippen molar-refractivity contribution in [3.63, 3.8) is 0 Å². The van der Waals surface area contributed by atoms with Crippen LogP contribution in [0.3, 0.4) is 0 Å². The largest absolute Gasteiger partial charge is 0.477 e. The maximum Gasteiger partial charge on any atom is 0.198 e. The maximum absolute atomic E-state index is 5.68. The van der Waals surface area contributed by atoms with Gasteiger partial charge in [0.25, 0.3) is 0 Å². The Morgan fingerprint density at radius 2 is 1.16 bits per heavy atom. The van der Waals surface area contributed by atoms with Crippen LogP contribution in [0.15, 0.2) is 70.6 Å². The molecule has 2 aromatic rings. The van der Waals surface area contributed by atoms with Crippen molar-refractivity contribution >= 4 is 11.8 Å². The number of benzene rings is 2. The number of rotatable bonds is 6. The van der Waals surface area contributed by atoms with Crippen LogP contribution in [-0.4, -0.2) is 38.1 Å². The minimum atomic E-state index is 0.0977. The Bertz CT molecular complexity index is 694. The first kappa shape index (κ1) is 15.8. The van der Waals surface area contributed by atoms with E-state index >= 15 is 0 Å². The normalized spacial score (nSPS) is 22.1. The van der Waals surface area contributed by atoms with Crippen molar-refractivity contribution in [1.29, 1.82) is 0 Å². The lowest BCUT2D eigenvalue weighted by Gasteiger charge is -2.04. The highest BCUT2D eigenvalue weighted by Gasteiger charge is 2.22. The zero-order valence-corrected chi connectivity index (χ0v) is 14.0. The summed E-state index contributed by atoms with van der Waals surface area (Å²) in [6.45, 7) is 2.38. The van der Waals surface area contributed by atoms with Gasteiger partial charge in [-0.1, -0.05) is 60.7 Å². The van der Waals surface area contributed by atoms with Gasteiger partial charge in [0.2, 0.25) is 0 Å². The minimum absolute atomic E-state index is 0.0977. The average Bonchev–Trinajstić information content (AvgIpc) is 3.33. The second-order valence-corrected chi connectivity index (χ2v) is 6.12. The fourth-order valence-electron chi connectivity index (χ4n) is 3.01. The summed E-state index contributed by atoms with van der Waals surface area (Å²) < 4.78 is 11.4. The standard InChI is InChI=1S/C20H21N3O2/c1-3-7-15(8-4-1)17-13-24-19(22-17)11-21-12-20-23-18(14-25-20)16-9-5-2-6-10-16/h1-10,17-18,21H,11-14H2/t17-,18-/m0/s1. The lowest BCUT2D eigenvalue weighted by atomic mass is 10.1. The molecule has 1 N–H and O–H groups in total. The second-order valence-electron chi connectivity index (χ2n) is 6.12. The van der Waals surface area contributed by atoms with Crippen molar-refractivity contribution in [3.8, 4) is 0 Å². The van der Waals surface area contributed by atoms with Crippen LogP contribution in [0.2, 0.25) is 0 Å². The van der Waals surface area contributed by atoms with Crippen LogP contribution in [-0.2, 0) is 9.47 Å². The van der Waals surface area contributed by atoms with Gasteiger partial charge in [-0.05, 0) is 11.1 Å². The van der Waals surface area contributed by atoms with E-state index < -0.39 is 0 Å². The molecule has 0 saturated heterocycles. The summed E-state index contributed by atoms with van der Waals surface area (Å²) in [4.78, 5) is 9.27. The lowest BCUT2D eigenvalue weighted by molar-refractivity contribution is 0.307. The predicted molar refractivity (Wildman–Crippen MR) is 98.0 cm³/mol. The van der Waals surface area contributed by atoms with Crippen LogP contribution < -0.4 is 5.32 Å². The zero-order valence-electron chi connectivity index (χ0n) is 14.0. The first-order valence-electron chi connectivity index (χ1n) is 8.58.